The van der Waals surface area contributed by atoms with Crippen LogP contribution < -0.4 is 10.6 Å². The van der Waals surface area contributed by atoms with Crippen LogP contribution in [0.25, 0.3) is 0 Å². The Bertz CT molecular complexity index is 486. The van der Waals surface area contributed by atoms with E-state index in [2.05, 4.69) is 10.6 Å². The molecule has 0 radical (unpaired) electrons. The highest BCUT2D eigenvalue weighted by Gasteiger charge is 2.19. The van der Waals surface area contributed by atoms with Crippen LogP contribution in [-0.4, -0.2) is 36.1 Å². The smallest absolute Gasteiger partial charge is 0.251 e. The fourth-order valence-electron chi connectivity index (χ4n) is 2.03. The van der Waals surface area contributed by atoms with Crippen molar-refractivity contribution in [2.45, 2.75) is 39.7 Å². The van der Waals surface area contributed by atoms with Gasteiger partial charge < -0.3 is 15.7 Å². The number of hydrogen-bond acceptors (Lipinski definition) is 3. The van der Waals surface area contributed by atoms with E-state index < -0.39 is 0 Å². The summed E-state index contributed by atoms with van der Waals surface area (Å²) in [6, 6.07) is 8.68. The van der Waals surface area contributed by atoms with E-state index >= 15 is 0 Å². The molecule has 0 aromatic heterocycles. The van der Waals surface area contributed by atoms with Crippen molar-refractivity contribution in [3.8, 4) is 0 Å². The minimum Gasteiger partial charge on any atom is -0.396 e. The van der Waals surface area contributed by atoms with E-state index in [1.807, 2.05) is 19.9 Å². The van der Waals surface area contributed by atoms with Crippen molar-refractivity contribution in [2.75, 3.05) is 13.2 Å². The molecule has 22 heavy (non-hydrogen) atoms. The van der Waals surface area contributed by atoms with E-state index in [-0.39, 0.29) is 36.3 Å². The Hall–Kier alpha value is -1.88. The van der Waals surface area contributed by atoms with Crippen molar-refractivity contribution >= 4 is 11.8 Å². The Kier molecular flexibility index (Phi) is 7.05. The molecule has 1 atom stereocenters. The quantitative estimate of drug-likeness (QED) is 0.684. The Morgan fingerprint density at radius 1 is 1.23 bits per heavy atom. The molecule has 0 bridgehead atoms. The first-order valence-electron chi connectivity index (χ1n) is 7.57. The van der Waals surface area contributed by atoms with Crippen molar-refractivity contribution in [1.29, 1.82) is 0 Å². The monoisotopic (exact) mass is 306 g/mol. The maximum atomic E-state index is 12.0. The predicted molar refractivity (Wildman–Crippen MR) is 86.5 cm³/mol. The molecule has 1 unspecified atom stereocenters. The highest BCUT2D eigenvalue weighted by molar-refractivity contribution is 5.94. The van der Waals surface area contributed by atoms with Crippen LogP contribution in [0.1, 0.15) is 44.0 Å². The summed E-state index contributed by atoms with van der Waals surface area (Å²) in [6.07, 6.45) is 0.862. The number of aliphatic hydroxyl groups is 1. The van der Waals surface area contributed by atoms with Crippen LogP contribution in [0.4, 0.5) is 0 Å². The zero-order chi connectivity index (χ0) is 16.6. The highest BCUT2D eigenvalue weighted by Crippen LogP contribution is 2.17. The number of benzene rings is 1. The molecule has 2 amide bonds. The van der Waals surface area contributed by atoms with Gasteiger partial charge in [0, 0.05) is 31.2 Å². The fraction of sp³-hybridized carbons (Fsp3) is 0.529. The van der Waals surface area contributed by atoms with Crippen LogP contribution in [0.2, 0.25) is 0 Å². The molecule has 5 heteroatoms. The third-order valence-electron chi connectivity index (χ3n) is 3.46. The van der Waals surface area contributed by atoms with E-state index in [0.717, 1.165) is 0 Å². The predicted octanol–water partition coefficient (Wildman–Crippen LogP) is 1.72. The van der Waals surface area contributed by atoms with Gasteiger partial charge in [-0.25, -0.2) is 0 Å². The molecule has 0 fully saturated rings. The van der Waals surface area contributed by atoms with Crippen LogP contribution in [0.3, 0.4) is 0 Å². The average Bonchev–Trinajstić information content (AvgIpc) is 2.46. The van der Waals surface area contributed by atoms with Gasteiger partial charge in [0.25, 0.3) is 5.91 Å². The highest BCUT2D eigenvalue weighted by atomic mass is 16.3. The lowest BCUT2D eigenvalue weighted by Crippen LogP contribution is -2.40. The second-order valence-electron chi connectivity index (χ2n) is 6.36. The van der Waals surface area contributed by atoms with Crippen molar-refractivity contribution in [1.82, 2.24) is 10.6 Å². The minimum atomic E-state index is -0.242. The maximum absolute atomic E-state index is 12.0. The first-order valence-corrected chi connectivity index (χ1v) is 7.57. The van der Waals surface area contributed by atoms with Gasteiger partial charge in [0.15, 0.2) is 0 Å². The first kappa shape index (κ1) is 18.2. The molecule has 0 aliphatic rings. The largest absolute Gasteiger partial charge is 0.396 e. The Morgan fingerprint density at radius 3 is 2.45 bits per heavy atom. The molecule has 1 aromatic carbocycles. The van der Waals surface area contributed by atoms with Crippen LogP contribution in [0.15, 0.2) is 30.3 Å². The molecule has 0 saturated carbocycles. The molecular weight excluding hydrogens is 280 g/mol. The first-order chi connectivity index (χ1) is 10.3. The van der Waals surface area contributed by atoms with E-state index in [4.69, 9.17) is 5.11 Å². The number of carbonyl (C=O) groups is 2. The molecule has 0 heterocycles. The molecule has 0 spiro atoms. The maximum Gasteiger partial charge on any atom is 0.251 e. The molecule has 1 rings (SSSR count). The Balaban J connectivity index is 2.37. The summed E-state index contributed by atoms with van der Waals surface area (Å²) in [5.41, 5.74) is 0.444. The summed E-state index contributed by atoms with van der Waals surface area (Å²) < 4.78 is 0. The average molecular weight is 306 g/mol. The van der Waals surface area contributed by atoms with Crippen molar-refractivity contribution in [2.24, 2.45) is 5.41 Å². The lowest BCUT2D eigenvalue weighted by atomic mass is 9.90. The molecule has 1 aromatic rings. The zero-order valence-electron chi connectivity index (χ0n) is 13.6. The van der Waals surface area contributed by atoms with Gasteiger partial charge in [-0.15, -0.1) is 0 Å². The molecule has 0 aliphatic carbocycles. The van der Waals surface area contributed by atoms with Gasteiger partial charge in [-0.3, -0.25) is 9.59 Å². The van der Waals surface area contributed by atoms with Gasteiger partial charge in [0.05, 0.1) is 0 Å². The molecule has 0 saturated heterocycles. The van der Waals surface area contributed by atoms with Crippen LogP contribution in [-0.2, 0) is 4.79 Å². The molecule has 0 aliphatic heterocycles. The summed E-state index contributed by atoms with van der Waals surface area (Å²) >= 11 is 0. The standard InChI is InChI=1S/C17H26N2O3/c1-13(19-16(22)14-7-5-4-6-8-14)11-15(21)18-12-17(2,3)9-10-20/h4-8,13,20H,9-12H2,1-3H3,(H,18,21)(H,19,22). The lowest BCUT2D eigenvalue weighted by Gasteiger charge is -2.24. The number of nitrogens with one attached hydrogen (secondary N) is 2. The van der Waals surface area contributed by atoms with Crippen LogP contribution in [0, 0.1) is 5.41 Å². The Labute approximate surface area is 132 Å². The topological polar surface area (TPSA) is 78.4 Å². The number of rotatable bonds is 8. The van der Waals surface area contributed by atoms with E-state index in [1.54, 1.807) is 31.2 Å². The number of hydrogen-bond donors (Lipinski definition) is 3. The second-order valence-corrected chi connectivity index (χ2v) is 6.36. The van der Waals surface area contributed by atoms with Crippen LogP contribution >= 0.6 is 0 Å². The number of aliphatic hydroxyl groups excluding tert-OH is 1. The van der Waals surface area contributed by atoms with Gasteiger partial charge in [-0.1, -0.05) is 32.0 Å². The summed E-state index contributed by atoms with van der Waals surface area (Å²) in [7, 11) is 0. The lowest BCUT2D eigenvalue weighted by molar-refractivity contribution is -0.121. The summed E-state index contributed by atoms with van der Waals surface area (Å²) in [5.74, 6) is -0.284. The van der Waals surface area contributed by atoms with Gasteiger partial charge in [-0.2, -0.15) is 0 Å². The minimum absolute atomic E-state index is 0.104. The van der Waals surface area contributed by atoms with Crippen LogP contribution in [0.5, 0.6) is 0 Å². The third kappa shape index (κ3) is 6.72. The van der Waals surface area contributed by atoms with E-state index in [0.29, 0.717) is 18.5 Å². The number of carbonyl (C=O) groups excluding carboxylic acids is 2. The molecular formula is C17H26N2O3. The SMILES string of the molecule is CC(CC(=O)NCC(C)(C)CCO)NC(=O)c1ccccc1. The summed E-state index contributed by atoms with van der Waals surface area (Å²) in [6.45, 7) is 6.39. The summed E-state index contributed by atoms with van der Waals surface area (Å²) in [5, 5.41) is 14.6. The van der Waals surface area contributed by atoms with E-state index in [9.17, 15) is 9.59 Å². The van der Waals surface area contributed by atoms with Crippen molar-refractivity contribution in [3.05, 3.63) is 35.9 Å². The third-order valence-corrected chi connectivity index (χ3v) is 3.46. The fourth-order valence-corrected chi connectivity index (χ4v) is 2.03. The zero-order valence-corrected chi connectivity index (χ0v) is 13.6. The summed E-state index contributed by atoms with van der Waals surface area (Å²) in [4.78, 5) is 23.9. The normalized spacial score (nSPS) is 12.5. The Morgan fingerprint density at radius 2 is 1.86 bits per heavy atom. The second kappa shape index (κ2) is 8.54. The molecule has 5 nitrogen and oxygen atoms in total. The van der Waals surface area contributed by atoms with Gasteiger partial charge in [0.2, 0.25) is 5.91 Å². The van der Waals surface area contributed by atoms with Gasteiger partial charge >= 0.3 is 0 Å². The van der Waals surface area contributed by atoms with E-state index in [1.165, 1.54) is 0 Å². The van der Waals surface area contributed by atoms with Gasteiger partial charge in [0.1, 0.15) is 0 Å². The molecule has 3 N–H and O–H groups in total. The molecule has 122 valence electrons. The van der Waals surface area contributed by atoms with Crippen molar-refractivity contribution < 1.29 is 14.7 Å². The van der Waals surface area contributed by atoms with Gasteiger partial charge in [-0.05, 0) is 30.9 Å². The number of amides is 2. The van der Waals surface area contributed by atoms with Crippen molar-refractivity contribution in [3.63, 3.8) is 0 Å².